The van der Waals surface area contributed by atoms with E-state index in [0.717, 1.165) is 37.1 Å². The number of methoxy groups -OCH3 is 2. The molecule has 2 atom stereocenters. The molecule has 2 aromatic carbocycles. The topological polar surface area (TPSA) is 59.0 Å². The van der Waals surface area contributed by atoms with Crippen LogP contribution in [-0.2, 0) is 6.54 Å². The van der Waals surface area contributed by atoms with Crippen molar-refractivity contribution in [2.75, 3.05) is 27.4 Å². The Morgan fingerprint density at radius 3 is 2.52 bits per heavy atom. The predicted molar refractivity (Wildman–Crippen MR) is 112 cm³/mol. The maximum absolute atomic E-state index is 13.1. The molecule has 0 spiro atoms. The van der Waals surface area contributed by atoms with Crippen LogP contribution in [0.2, 0.25) is 0 Å². The molecular formula is C24H27NO4. The van der Waals surface area contributed by atoms with E-state index in [0.29, 0.717) is 17.1 Å². The van der Waals surface area contributed by atoms with E-state index in [2.05, 4.69) is 17.0 Å². The number of ether oxygens (including phenoxy) is 2. The second-order valence-corrected chi connectivity index (χ2v) is 7.74. The number of aliphatic hydroxyl groups excluding tert-OH is 1. The number of benzene rings is 2. The summed E-state index contributed by atoms with van der Waals surface area (Å²) in [7, 11) is 3.17. The van der Waals surface area contributed by atoms with Gasteiger partial charge in [-0.15, -0.1) is 0 Å². The van der Waals surface area contributed by atoms with E-state index in [1.807, 2.05) is 30.3 Å². The van der Waals surface area contributed by atoms with Crippen molar-refractivity contribution in [1.29, 1.82) is 0 Å². The zero-order valence-corrected chi connectivity index (χ0v) is 16.9. The third-order valence-corrected chi connectivity index (χ3v) is 6.09. The van der Waals surface area contributed by atoms with Gasteiger partial charge in [0.1, 0.15) is 0 Å². The minimum absolute atomic E-state index is 0.0513. The molecule has 1 aliphatic carbocycles. The third kappa shape index (κ3) is 3.80. The summed E-state index contributed by atoms with van der Waals surface area (Å²) in [5.41, 5.74) is 3.64. The molecule has 5 nitrogen and oxygen atoms in total. The molecule has 0 aromatic heterocycles. The molecule has 0 amide bonds. The van der Waals surface area contributed by atoms with Crippen molar-refractivity contribution in [3.8, 4) is 11.5 Å². The van der Waals surface area contributed by atoms with E-state index in [1.54, 1.807) is 20.3 Å². The van der Waals surface area contributed by atoms with Gasteiger partial charge in [0.15, 0.2) is 17.3 Å². The first-order chi connectivity index (χ1) is 14.1. The molecule has 1 saturated heterocycles. The number of Topliss-reactive ketones (excluding diaryl/α,β-unsaturated/α-hetero) is 1. The molecule has 2 unspecified atom stereocenters. The zero-order chi connectivity index (χ0) is 20.4. The number of hydrogen-bond acceptors (Lipinski definition) is 5. The van der Waals surface area contributed by atoms with Gasteiger partial charge in [-0.1, -0.05) is 30.3 Å². The number of hydrogen-bond donors (Lipinski definition) is 1. The lowest BCUT2D eigenvalue weighted by Gasteiger charge is -2.39. The Balaban J connectivity index is 1.51. The van der Waals surface area contributed by atoms with Gasteiger partial charge in [0.05, 0.1) is 20.8 Å². The van der Waals surface area contributed by atoms with Gasteiger partial charge in [0.2, 0.25) is 0 Å². The van der Waals surface area contributed by atoms with Gasteiger partial charge >= 0.3 is 0 Å². The first-order valence-electron chi connectivity index (χ1n) is 10.1. The van der Waals surface area contributed by atoms with Crippen LogP contribution in [0.4, 0.5) is 0 Å². The van der Waals surface area contributed by atoms with Gasteiger partial charge < -0.3 is 14.6 Å². The first kappa shape index (κ1) is 19.7. The zero-order valence-electron chi connectivity index (χ0n) is 16.9. The van der Waals surface area contributed by atoms with E-state index in [-0.39, 0.29) is 24.3 Å². The molecule has 29 heavy (non-hydrogen) atoms. The lowest BCUT2D eigenvalue weighted by atomic mass is 9.83. The number of likely N-dealkylation sites (tertiary alicyclic amines) is 1. The minimum Gasteiger partial charge on any atom is -0.493 e. The fourth-order valence-corrected chi connectivity index (χ4v) is 4.50. The average Bonchev–Trinajstić information content (AvgIpc) is 3.09. The fourth-order valence-electron chi connectivity index (χ4n) is 4.50. The van der Waals surface area contributed by atoms with Crippen LogP contribution in [0.1, 0.15) is 34.3 Å². The number of allylic oxidation sites excluding steroid dienone is 1. The number of carbonyl (C=O) groups excluding carboxylic acids is 1. The predicted octanol–water partition coefficient (Wildman–Crippen LogP) is 3.56. The van der Waals surface area contributed by atoms with Crippen LogP contribution in [0.5, 0.6) is 11.5 Å². The Kier molecular flexibility index (Phi) is 5.69. The standard InChI is InChI=1S/C24H27NO4/c1-28-22-12-18-11-20(24(27)21(18)13-23(22)29-2)17-8-9-25(19(10-17)15-26)14-16-6-4-3-5-7-16/h3-7,11-13,17,19,26H,8-10,14-15H2,1-2H3. The number of fused-ring (bicyclic) bond motifs is 1. The number of nitrogens with zero attached hydrogens (tertiary/aromatic N) is 1. The number of carbonyl (C=O) groups is 1. The Bertz CT molecular complexity index is 922. The molecule has 1 heterocycles. The molecular weight excluding hydrogens is 366 g/mol. The molecule has 0 saturated carbocycles. The summed E-state index contributed by atoms with van der Waals surface area (Å²) in [5, 5.41) is 10.00. The first-order valence-corrected chi connectivity index (χ1v) is 10.1. The van der Waals surface area contributed by atoms with Gasteiger partial charge in [0, 0.05) is 23.7 Å². The maximum Gasteiger partial charge on any atom is 0.190 e. The van der Waals surface area contributed by atoms with Gasteiger partial charge in [-0.2, -0.15) is 0 Å². The van der Waals surface area contributed by atoms with Gasteiger partial charge in [-0.05, 0) is 54.6 Å². The van der Waals surface area contributed by atoms with E-state index in [1.165, 1.54) is 5.56 Å². The monoisotopic (exact) mass is 393 g/mol. The van der Waals surface area contributed by atoms with Crippen molar-refractivity contribution < 1.29 is 19.4 Å². The molecule has 1 N–H and O–H groups in total. The lowest BCUT2D eigenvalue weighted by Crippen LogP contribution is -2.44. The second kappa shape index (κ2) is 8.39. The van der Waals surface area contributed by atoms with Gasteiger partial charge in [-0.3, -0.25) is 9.69 Å². The highest BCUT2D eigenvalue weighted by Gasteiger charge is 2.35. The van der Waals surface area contributed by atoms with E-state index >= 15 is 0 Å². The van der Waals surface area contributed by atoms with Crippen LogP contribution in [0.3, 0.4) is 0 Å². The third-order valence-electron chi connectivity index (χ3n) is 6.09. The number of rotatable bonds is 6. The minimum atomic E-state index is 0.0513. The fraction of sp³-hybridized carbons (Fsp3) is 0.375. The largest absolute Gasteiger partial charge is 0.493 e. The molecule has 5 heteroatoms. The van der Waals surface area contributed by atoms with Crippen molar-refractivity contribution >= 4 is 11.9 Å². The van der Waals surface area contributed by atoms with E-state index < -0.39 is 0 Å². The quantitative estimate of drug-likeness (QED) is 0.813. The summed E-state index contributed by atoms with van der Waals surface area (Å²) in [5.74, 6) is 1.41. The summed E-state index contributed by atoms with van der Waals surface area (Å²) in [6, 6.07) is 14.0. The average molecular weight is 393 g/mol. The highest BCUT2D eigenvalue weighted by atomic mass is 16.5. The summed E-state index contributed by atoms with van der Waals surface area (Å²) < 4.78 is 10.7. The Hall–Kier alpha value is -2.63. The molecule has 152 valence electrons. The number of aliphatic hydroxyl groups is 1. The summed E-state index contributed by atoms with van der Waals surface area (Å²) in [4.78, 5) is 15.4. The Labute approximate surface area is 171 Å². The van der Waals surface area contributed by atoms with Crippen LogP contribution in [-0.4, -0.2) is 49.2 Å². The van der Waals surface area contributed by atoms with Crippen LogP contribution < -0.4 is 9.47 Å². The van der Waals surface area contributed by atoms with Crippen LogP contribution in [0, 0.1) is 5.92 Å². The lowest BCUT2D eigenvalue weighted by molar-refractivity contribution is 0.0651. The second-order valence-electron chi connectivity index (χ2n) is 7.74. The smallest absolute Gasteiger partial charge is 0.190 e. The highest BCUT2D eigenvalue weighted by molar-refractivity contribution is 6.18. The van der Waals surface area contributed by atoms with Gasteiger partial charge in [0.25, 0.3) is 0 Å². The molecule has 0 bridgehead atoms. The normalized spacial score (nSPS) is 21.6. The van der Waals surface area contributed by atoms with Gasteiger partial charge in [-0.25, -0.2) is 0 Å². The molecule has 1 aliphatic heterocycles. The SMILES string of the molecule is COc1cc2c(cc1OC)C(=O)C(C1CCN(Cc3ccccc3)C(CO)C1)=C2. The van der Waals surface area contributed by atoms with Crippen molar-refractivity contribution in [2.24, 2.45) is 5.92 Å². The van der Waals surface area contributed by atoms with Crippen LogP contribution in [0.15, 0.2) is 48.0 Å². The highest BCUT2D eigenvalue weighted by Crippen LogP contribution is 2.40. The Morgan fingerprint density at radius 1 is 1.10 bits per heavy atom. The van der Waals surface area contributed by atoms with Crippen molar-refractivity contribution in [3.05, 3.63) is 64.7 Å². The molecule has 4 rings (SSSR count). The molecule has 2 aromatic rings. The number of ketones is 1. The van der Waals surface area contributed by atoms with Crippen LogP contribution in [0.25, 0.3) is 6.08 Å². The summed E-state index contributed by atoms with van der Waals surface area (Å²) in [6.07, 6.45) is 3.68. The Morgan fingerprint density at radius 2 is 1.83 bits per heavy atom. The molecule has 1 fully saturated rings. The maximum atomic E-state index is 13.1. The molecule has 2 aliphatic rings. The van der Waals surface area contributed by atoms with Crippen molar-refractivity contribution in [1.82, 2.24) is 4.90 Å². The van der Waals surface area contributed by atoms with E-state index in [4.69, 9.17) is 9.47 Å². The molecule has 0 radical (unpaired) electrons. The number of piperidine rings is 1. The van der Waals surface area contributed by atoms with Crippen LogP contribution >= 0.6 is 0 Å². The van der Waals surface area contributed by atoms with Crippen molar-refractivity contribution in [3.63, 3.8) is 0 Å². The summed E-state index contributed by atoms with van der Waals surface area (Å²) >= 11 is 0. The van der Waals surface area contributed by atoms with Crippen molar-refractivity contribution in [2.45, 2.75) is 25.4 Å². The summed E-state index contributed by atoms with van der Waals surface area (Å²) in [6.45, 7) is 1.78. The van der Waals surface area contributed by atoms with E-state index in [9.17, 15) is 9.90 Å².